The maximum Gasteiger partial charge on any atom is 0.255 e. The number of halogens is 2. The number of carbonyl (C=O) groups excluding carboxylic acids is 1. The summed E-state index contributed by atoms with van der Waals surface area (Å²) in [5.74, 6) is -0.231. The third kappa shape index (κ3) is 2.84. The lowest BCUT2D eigenvalue weighted by Crippen LogP contribution is -2.12. The zero-order chi connectivity index (χ0) is 13.1. The smallest absolute Gasteiger partial charge is 0.255 e. The third-order valence-electron chi connectivity index (χ3n) is 2.52. The molecule has 18 heavy (non-hydrogen) atoms. The molecule has 2 rings (SSSR count). The molecule has 4 heteroatoms. The number of benzene rings is 2. The summed E-state index contributed by atoms with van der Waals surface area (Å²) in [6.07, 6.45) is 0. The number of anilines is 1. The molecule has 0 atom stereocenters. The molecule has 1 amide bonds. The Hall–Kier alpha value is -1.51. The molecule has 0 spiro atoms. The van der Waals surface area contributed by atoms with E-state index in [0.29, 0.717) is 21.3 Å². The maximum absolute atomic E-state index is 12.0. The number of rotatable bonds is 2. The number of para-hydroxylation sites is 1. The minimum atomic E-state index is -0.231. The Morgan fingerprint density at radius 1 is 1.00 bits per heavy atom. The first kappa shape index (κ1) is 12.9. The molecular weight excluding hydrogens is 269 g/mol. The van der Waals surface area contributed by atoms with Crippen molar-refractivity contribution in [2.45, 2.75) is 6.92 Å². The van der Waals surface area contributed by atoms with Gasteiger partial charge in [0, 0.05) is 5.56 Å². The molecule has 0 fully saturated rings. The first-order valence-electron chi connectivity index (χ1n) is 5.40. The Bertz CT molecular complexity index is 559. The van der Waals surface area contributed by atoms with Crippen molar-refractivity contribution in [1.29, 1.82) is 0 Å². The van der Waals surface area contributed by atoms with E-state index in [-0.39, 0.29) is 5.91 Å². The van der Waals surface area contributed by atoms with Crippen molar-refractivity contribution in [3.63, 3.8) is 0 Å². The van der Waals surface area contributed by atoms with Crippen LogP contribution in [0.1, 0.15) is 15.9 Å². The molecule has 0 unspecified atom stereocenters. The lowest BCUT2D eigenvalue weighted by Gasteiger charge is -2.09. The van der Waals surface area contributed by atoms with Crippen LogP contribution in [0.25, 0.3) is 0 Å². The molecule has 0 aromatic heterocycles. The van der Waals surface area contributed by atoms with Crippen LogP contribution in [0.2, 0.25) is 10.0 Å². The van der Waals surface area contributed by atoms with Crippen molar-refractivity contribution in [2.24, 2.45) is 0 Å². The highest BCUT2D eigenvalue weighted by molar-refractivity contribution is 6.40. The third-order valence-corrected chi connectivity index (χ3v) is 3.14. The van der Waals surface area contributed by atoms with Crippen molar-refractivity contribution in [3.8, 4) is 0 Å². The summed E-state index contributed by atoms with van der Waals surface area (Å²) in [4.78, 5) is 12.0. The van der Waals surface area contributed by atoms with E-state index in [1.807, 2.05) is 19.1 Å². The van der Waals surface area contributed by atoms with Crippen LogP contribution in [0.15, 0.2) is 42.5 Å². The fourth-order valence-electron chi connectivity index (χ4n) is 1.51. The monoisotopic (exact) mass is 279 g/mol. The summed E-state index contributed by atoms with van der Waals surface area (Å²) < 4.78 is 0. The van der Waals surface area contributed by atoms with E-state index in [2.05, 4.69) is 5.32 Å². The fourth-order valence-corrected chi connectivity index (χ4v) is 2.00. The summed E-state index contributed by atoms with van der Waals surface area (Å²) in [5, 5.41) is 3.55. The molecule has 0 aliphatic heterocycles. The Morgan fingerprint density at radius 3 is 2.11 bits per heavy atom. The van der Waals surface area contributed by atoms with Crippen LogP contribution in [0.3, 0.4) is 0 Å². The standard InChI is InChI=1S/C14H11Cl2NO/c1-9-5-7-10(8-6-9)14(18)17-13-11(15)3-2-4-12(13)16/h2-8H,1H3,(H,17,18). The van der Waals surface area contributed by atoms with Crippen LogP contribution in [0.4, 0.5) is 5.69 Å². The average molecular weight is 280 g/mol. The molecule has 2 nitrogen and oxygen atoms in total. The molecule has 0 radical (unpaired) electrons. The van der Waals surface area contributed by atoms with Gasteiger partial charge in [0.1, 0.15) is 0 Å². The topological polar surface area (TPSA) is 29.1 Å². The van der Waals surface area contributed by atoms with Crippen LogP contribution >= 0.6 is 23.2 Å². The number of amides is 1. The Kier molecular flexibility index (Phi) is 3.90. The number of hydrogen-bond donors (Lipinski definition) is 1. The number of hydrogen-bond acceptors (Lipinski definition) is 1. The van der Waals surface area contributed by atoms with Gasteiger partial charge in [-0.25, -0.2) is 0 Å². The van der Waals surface area contributed by atoms with E-state index in [1.165, 1.54) is 0 Å². The molecule has 0 saturated heterocycles. The van der Waals surface area contributed by atoms with Gasteiger partial charge < -0.3 is 5.32 Å². The van der Waals surface area contributed by atoms with Crippen LogP contribution in [-0.2, 0) is 0 Å². The van der Waals surface area contributed by atoms with E-state index >= 15 is 0 Å². The Balaban J connectivity index is 2.24. The second-order valence-corrected chi connectivity index (χ2v) is 4.73. The lowest BCUT2D eigenvalue weighted by atomic mass is 10.1. The summed E-state index contributed by atoms with van der Waals surface area (Å²) >= 11 is 12.0. The van der Waals surface area contributed by atoms with Gasteiger partial charge in [0.2, 0.25) is 0 Å². The highest BCUT2D eigenvalue weighted by Gasteiger charge is 2.10. The van der Waals surface area contributed by atoms with Gasteiger partial charge in [0.05, 0.1) is 15.7 Å². The van der Waals surface area contributed by atoms with E-state index in [4.69, 9.17) is 23.2 Å². The molecule has 2 aromatic rings. The molecule has 1 N–H and O–H groups in total. The van der Waals surface area contributed by atoms with Gasteiger partial charge in [-0.1, -0.05) is 47.0 Å². The second kappa shape index (κ2) is 5.42. The van der Waals surface area contributed by atoms with Crippen molar-refractivity contribution >= 4 is 34.8 Å². The second-order valence-electron chi connectivity index (χ2n) is 3.92. The van der Waals surface area contributed by atoms with Gasteiger partial charge >= 0.3 is 0 Å². The van der Waals surface area contributed by atoms with Gasteiger partial charge in [-0.15, -0.1) is 0 Å². The molecule has 0 saturated carbocycles. The molecule has 0 heterocycles. The lowest BCUT2D eigenvalue weighted by molar-refractivity contribution is 0.102. The van der Waals surface area contributed by atoms with E-state index < -0.39 is 0 Å². The average Bonchev–Trinajstić information content (AvgIpc) is 2.34. The van der Waals surface area contributed by atoms with Gasteiger partial charge in [-0.05, 0) is 31.2 Å². The number of aryl methyl sites for hydroxylation is 1. The predicted molar refractivity (Wildman–Crippen MR) is 75.6 cm³/mol. The molecule has 0 aliphatic rings. The van der Waals surface area contributed by atoms with Crippen LogP contribution < -0.4 is 5.32 Å². The fraction of sp³-hybridized carbons (Fsp3) is 0.0714. The van der Waals surface area contributed by atoms with E-state index in [1.54, 1.807) is 30.3 Å². The summed E-state index contributed by atoms with van der Waals surface area (Å²) in [5.41, 5.74) is 2.10. The van der Waals surface area contributed by atoms with Crippen LogP contribution in [-0.4, -0.2) is 5.91 Å². The molecule has 2 aromatic carbocycles. The van der Waals surface area contributed by atoms with Gasteiger partial charge in [0.15, 0.2) is 0 Å². The normalized spacial score (nSPS) is 10.2. The van der Waals surface area contributed by atoms with Crippen molar-refractivity contribution in [1.82, 2.24) is 0 Å². The number of carbonyl (C=O) groups is 1. The Morgan fingerprint density at radius 2 is 1.56 bits per heavy atom. The molecular formula is C14H11Cl2NO. The summed E-state index contributed by atoms with van der Waals surface area (Å²) in [7, 11) is 0. The number of nitrogens with one attached hydrogen (secondary N) is 1. The zero-order valence-electron chi connectivity index (χ0n) is 9.71. The largest absolute Gasteiger partial charge is 0.319 e. The van der Waals surface area contributed by atoms with Crippen molar-refractivity contribution in [2.75, 3.05) is 5.32 Å². The van der Waals surface area contributed by atoms with Gasteiger partial charge in [-0.2, -0.15) is 0 Å². The van der Waals surface area contributed by atoms with Gasteiger partial charge in [-0.3, -0.25) is 4.79 Å². The van der Waals surface area contributed by atoms with Crippen LogP contribution in [0, 0.1) is 6.92 Å². The van der Waals surface area contributed by atoms with Crippen LogP contribution in [0.5, 0.6) is 0 Å². The summed E-state index contributed by atoms with van der Waals surface area (Å²) in [6, 6.07) is 12.4. The Labute approximate surface area is 116 Å². The highest BCUT2D eigenvalue weighted by atomic mass is 35.5. The molecule has 92 valence electrons. The highest BCUT2D eigenvalue weighted by Crippen LogP contribution is 2.30. The van der Waals surface area contributed by atoms with Crippen molar-refractivity contribution < 1.29 is 4.79 Å². The van der Waals surface area contributed by atoms with Crippen molar-refractivity contribution in [3.05, 3.63) is 63.6 Å². The zero-order valence-corrected chi connectivity index (χ0v) is 11.2. The SMILES string of the molecule is Cc1ccc(C(=O)Nc2c(Cl)cccc2Cl)cc1. The first-order chi connectivity index (χ1) is 8.58. The quantitative estimate of drug-likeness (QED) is 0.858. The molecule has 0 aliphatic carbocycles. The van der Waals surface area contributed by atoms with E-state index in [9.17, 15) is 4.79 Å². The minimum absolute atomic E-state index is 0.231. The minimum Gasteiger partial charge on any atom is -0.319 e. The van der Waals surface area contributed by atoms with E-state index in [0.717, 1.165) is 5.56 Å². The molecule has 0 bridgehead atoms. The maximum atomic E-state index is 12.0. The first-order valence-corrected chi connectivity index (χ1v) is 6.15. The van der Waals surface area contributed by atoms with Gasteiger partial charge in [0.25, 0.3) is 5.91 Å². The predicted octanol–water partition coefficient (Wildman–Crippen LogP) is 4.55. The summed E-state index contributed by atoms with van der Waals surface area (Å²) in [6.45, 7) is 1.96.